The fraction of sp³-hybridized carbons (Fsp3) is 0.733. The number of carbonyl (C=O) groups excluding carboxylic acids is 1. The molecule has 0 bridgehead atoms. The summed E-state index contributed by atoms with van der Waals surface area (Å²) in [7, 11) is 5.78. The van der Waals surface area contributed by atoms with Gasteiger partial charge in [-0.25, -0.2) is 0 Å². The number of amides is 1. The molecule has 1 heterocycles. The van der Waals surface area contributed by atoms with Crippen LogP contribution in [-0.4, -0.2) is 47.3 Å². The van der Waals surface area contributed by atoms with E-state index in [-0.39, 0.29) is 5.91 Å². The summed E-state index contributed by atoms with van der Waals surface area (Å²) in [5, 5.41) is 7.10. The molecular weight excluding hydrogens is 252 g/mol. The fourth-order valence-electron chi connectivity index (χ4n) is 3.17. The van der Waals surface area contributed by atoms with Crippen molar-refractivity contribution in [1.29, 1.82) is 0 Å². The Labute approximate surface area is 121 Å². The van der Waals surface area contributed by atoms with E-state index < -0.39 is 0 Å². The molecule has 1 aromatic heterocycles. The molecule has 1 atom stereocenters. The lowest BCUT2D eigenvalue weighted by molar-refractivity contribution is 0.0955. The smallest absolute Gasteiger partial charge is 0.271 e. The molecular formula is C15H26N4O. The second kappa shape index (κ2) is 5.95. The molecule has 0 saturated carbocycles. The second-order valence-corrected chi connectivity index (χ2v) is 6.21. The van der Waals surface area contributed by atoms with Crippen LogP contribution in [0, 0.1) is 5.92 Å². The number of likely N-dealkylation sites (N-methyl/N-ethyl adjacent to an activating group) is 1. The van der Waals surface area contributed by atoms with Crippen molar-refractivity contribution in [1.82, 2.24) is 20.0 Å². The van der Waals surface area contributed by atoms with Crippen LogP contribution in [0.4, 0.5) is 0 Å². The lowest BCUT2D eigenvalue weighted by Crippen LogP contribution is -2.39. The molecule has 2 rings (SSSR count). The van der Waals surface area contributed by atoms with Crippen molar-refractivity contribution in [3.63, 3.8) is 0 Å². The first-order chi connectivity index (χ1) is 9.43. The highest BCUT2D eigenvalue weighted by atomic mass is 16.1. The van der Waals surface area contributed by atoms with Crippen LogP contribution in [0.3, 0.4) is 0 Å². The van der Waals surface area contributed by atoms with E-state index in [0.29, 0.717) is 17.7 Å². The third kappa shape index (κ3) is 2.87. The van der Waals surface area contributed by atoms with Crippen molar-refractivity contribution in [2.24, 2.45) is 13.0 Å². The normalized spacial score (nSPS) is 18.4. The van der Waals surface area contributed by atoms with Crippen molar-refractivity contribution in [3.05, 3.63) is 17.0 Å². The molecule has 1 amide bonds. The maximum Gasteiger partial charge on any atom is 0.271 e. The monoisotopic (exact) mass is 278 g/mol. The summed E-state index contributed by atoms with van der Waals surface area (Å²) in [6, 6.07) is 0.512. The van der Waals surface area contributed by atoms with E-state index in [1.54, 1.807) is 7.05 Å². The predicted molar refractivity (Wildman–Crippen MR) is 79.9 cm³/mol. The van der Waals surface area contributed by atoms with E-state index in [1.807, 2.05) is 11.7 Å². The molecule has 20 heavy (non-hydrogen) atoms. The van der Waals surface area contributed by atoms with E-state index in [1.165, 1.54) is 5.69 Å². The summed E-state index contributed by atoms with van der Waals surface area (Å²) in [5.41, 5.74) is 2.96. The van der Waals surface area contributed by atoms with Gasteiger partial charge in [0.1, 0.15) is 0 Å². The highest BCUT2D eigenvalue weighted by molar-refractivity contribution is 5.93. The first kappa shape index (κ1) is 15.0. The Kier molecular flexibility index (Phi) is 4.48. The molecule has 1 aromatic rings. The number of nitrogens with zero attached hydrogens (tertiary/aromatic N) is 3. The zero-order valence-electron chi connectivity index (χ0n) is 13.2. The highest BCUT2D eigenvalue weighted by Crippen LogP contribution is 2.26. The molecule has 0 fully saturated rings. The summed E-state index contributed by atoms with van der Waals surface area (Å²) in [4.78, 5) is 14.4. The molecule has 1 aliphatic rings. The van der Waals surface area contributed by atoms with Gasteiger partial charge in [0.15, 0.2) is 5.69 Å². The van der Waals surface area contributed by atoms with Gasteiger partial charge < -0.3 is 10.2 Å². The summed E-state index contributed by atoms with van der Waals surface area (Å²) < 4.78 is 1.87. The molecule has 5 nitrogen and oxygen atoms in total. The SMILES string of the molecule is CNC(=O)c1nn(C)c2c1CC(N(C)CC(C)C)CC2. The van der Waals surface area contributed by atoms with Crippen molar-refractivity contribution in [3.8, 4) is 0 Å². The average Bonchev–Trinajstić information content (AvgIpc) is 2.74. The van der Waals surface area contributed by atoms with Crippen LogP contribution in [0.5, 0.6) is 0 Å². The molecule has 5 heteroatoms. The second-order valence-electron chi connectivity index (χ2n) is 6.21. The van der Waals surface area contributed by atoms with Gasteiger partial charge in [0.2, 0.25) is 0 Å². The summed E-state index contributed by atoms with van der Waals surface area (Å²) in [6.45, 7) is 5.57. The largest absolute Gasteiger partial charge is 0.354 e. The van der Waals surface area contributed by atoms with Crippen molar-refractivity contribution >= 4 is 5.91 Å². The molecule has 0 aliphatic heterocycles. The van der Waals surface area contributed by atoms with Crippen molar-refractivity contribution < 1.29 is 4.79 Å². The lowest BCUT2D eigenvalue weighted by atomic mass is 9.90. The molecule has 1 N–H and O–H groups in total. The Morgan fingerprint density at radius 3 is 2.85 bits per heavy atom. The van der Waals surface area contributed by atoms with E-state index >= 15 is 0 Å². The topological polar surface area (TPSA) is 50.2 Å². The van der Waals surface area contributed by atoms with Gasteiger partial charge in [0.25, 0.3) is 5.91 Å². The van der Waals surface area contributed by atoms with E-state index in [0.717, 1.165) is 31.4 Å². The third-order valence-corrected chi connectivity index (χ3v) is 4.15. The number of fused-ring (bicyclic) bond motifs is 1. The molecule has 1 aliphatic carbocycles. The maximum absolute atomic E-state index is 12.0. The first-order valence-corrected chi connectivity index (χ1v) is 7.41. The summed E-state index contributed by atoms with van der Waals surface area (Å²) >= 11 is 0. The van der Waals surface area contributed by atoms with Gasteiger partial charge in [0, 0.05) is 37.9 Å². The Morgan fingerprint density at radius 1 is 1.55 bits per heavy atom. The Bertz CT molecular complexity index is 492. The number of rotatable bonds is 4. The predicted octanol–water partition coefficient (Wildman–Crippen LogP) is 1.22. The van der Waals surface area contributed by atoms with Crippen LogP contribution in [-0.2, 0) is 19.9 Å². The van der Waals surface area contributed by atoms with Gasteiger partial charge >= 0.3 is 0 Å². The van der Waals surface area contributed by atoms with Gasteiger partial charge in [-0.1, -0.05) is 13.8 Å². The Balaban J connectivity index is 2.22. The van der Waals surface area contributed by atoms with Gasteiger partial charge in [-0.15, -0.1) is 0 Å². The maximum atomic E-state index is 12.0. The standard InChI is InChI=1S/C15H26N4O/c1-10(2)9-18(4)11-6-7-13-12(8-11)14(15(20)16-3)17-19(13)5/h10-11H,6-9H2,1-5H3,(H,16,20). The number of aryl methyl sites for hydroxylation is 1. The average molecular weight is 278 g/mol. The summed E-state index contributed by atoms with van der Waals surface area (Å²) in [5.74, 6) is 0.586. The zero-order valence-corrected chi connectivity index (χ0v) is 13.2. The minimum absolute atomic E-state index is 0.0750. The minimum Gasteiger partial charge on any atom is -0.354 e. The van der Waals surface area contributed by atoms with Crippen LogP contribution < -0.4 is 5.32 Å². The van der Waals surface area contributed by atoms with Gasteiger partial charge in [-0.3, -0.25) is 9.48 Å². The number of hydrogen-bond acceptors (Lipinski definition) is 3. The van der Waals surface area contributed by atoms with Crippen molar-refractivity contribution in [2.75, 3.05) is 20.6 Å². The molecule has 1 unspecified atom stereocenters. The zero-order chi connectivity index (χ0) is 14.9. The number of hydrogen-bond donors (Lipinski definition) is 1. The van der Waals surface area contributed by atoms with Crippen LogP contribution in [0.15, 0.2) is 0 Å². The van der Waals surface area contributed by atoms with E-state index in [9.17, 15) is 4.79 Å². The number of carbonyl (C=O) groups is 1. The highest BCUT2D eigenvalue weighted by Gasteiger charge is 2.29. The van der Waals surface area contributed by atoms with Crippen LogP contribution in [0.1, 0.15) is 42.0 Å². The molecule has 0 radical (unpaired) electrons. The number of aromatic nitrogens is 2. The molecule has 112 valence electrons. The summed E-state index contributed by atoms with van der Waals surface area (Å²) in [6.07, 6.45) is 3.07. The Hall–Kier alpha value is -1.36. The Morgan fingerprint density at radius 2 is 2.25 bits per heavy atom. The van der Waals surface area contributed by atoms with Crippen LogP contribution in [0.25, 0.3) is 0 Å². The van der Waals surface area contributed by atoms with E-state index in [2.05, 4.69) is 36.2 Å². The van der Waals surface area contributed by atoms with Gasteiger partial charge in [-0.2, -0.15) is 5.10 Å². The van der Waals surface area contributed by atoms with Crippen LogP contribution in [0.2, 0.25) is 0 Å². The van der Waals surface area contributed by atoms with Gasteiger partial charge in [0.05, 0.1) is 0 Å². The quantitative estimate of drug-likeness (QED) is 0.901. The van der Waals surface area contributed by atoms with E-state index in [4.69, 9.17) is 0 Å². The lowest BCUT2D eigenvalue weighted by Gasteiger charge is -2.32. The molecule has 0 aromatic carbocycles. The van der Waals surface area contributed by atoms with Crippen LogP contribution >= 0.6 is 0 Å². The molecule has 0 saturated heterocycles. The minimum atomic E-state index is -0.0750. The molecule has 0 spiro atoms. The fourth-order valence-corrected chi connectivity index (χ4v) is 3.17. The number of nitrogens with one attached hydrogen (secondary N) is 1. The van der Waals surface area contributed by atoms with Crippen molar-refractivity contribution in [2.45, 2.75) is 39.2 Å². The van der Waals surface area contributed by atoms with Gasteiger partial charge in [-0.05, 0) is 32.2 Å². The first-order valence-electron chi connectivity index (χ1n) is 7.41. The third-order valence-electron chi connectivity index (χ3n) is 4.15.